The number of para-hydroxylation sites is 1. The van der Waals surface area contributed by atoms with E-state index in [1.165, 1.54) is 24.0 Å². The second kappa shape index (κ2) is 8.50. The quantitative estimate of drug-likeness (QED) is 0.788. The zero-order valence-electron chi connectivity index (χ0n) is 17.1. The van der Waals surface area contributed by atoms with Gasteiger partial charge in [-0.05, 0) is 44.4 Å². The largest absolute Gasteiger partial charge is 0.495 e. The highest BCUT2D eigenvalue weighted by Gasteiger charge is 2.29. The topological polar surface area (TPSA) is 46.6 Å². The van der Waals surface area contributed by atoms with E-state index in [4.69, 9.17) is 14.5 Å². The smallest absolute Gasteiger partial charge is 0.140 e. The zero-order valence-corrected chi connectivity index (χ0v) is 17.1. The number of hydrogen-bond donors (Lipinski definition) is 1. The predicted octanol–water partition coefficient (Wildman–Crippen LogP) is 3.90. The van der Waals surface area contributed by atoms with Crippen molar-refractivity contribution in [3.63, 3.8) is 0 Å². The van der Waals surface area contributed by atoms with Crippen molar-refractivity contribution < 1.29 is 9.47 Å². The van der Waals surface area contributed by atoms with E-state index in [-0.39, 0.29) is 12.1 Å². The number of pyridine rings is 1. The van der Waals surface area contributed by atoms with Gasteiger partial charge in [-0.1, -0.05) is 18.2 Å². The molecule has 2 aliphatic rings. The summed E-state index contributed by atoms with van der Waals surface area (Å²) in [5, 5.41) is 3.66. The molecule has 1 saturated carbocycles. The van der Waals surface area contributed by atoms with Crippen LogP contribution in [-0.4, -0.2) is 42.7 Å². The number of ether oxygens (including phenoxy) is 2. The molecule has 1 saturated heterocycles. The lowest BCUT2D eigenvalue weighted by Crippen LogP contribution is -2.45. The normalized spacial score (nSPS) is 20.4. The molecule has 4 rings (SSSR count). The molecular weight excluding hydrogens is 350 g/mol. The Bertz CT molecular complexity index is 804. The third-order valence-electron chi connectivity index (χ3n) is 5.45. The number of benzene rings is 1. The van der Waals surface area contributed by atoms with Crippen LogP contribution in [0.1, 0.15) is 55.5 Å². The SMILES string of the molecule is COc1cc(CN2CCN[C@@H](c3ccccc3OC(C)C)C2)cnc1C1CC1. The van der Waals surface area contributed by atoms with Crippen molar-refractivity contribution in [2.75, 3.05) is 26.7 Å². The fourth-order valence-electron chi connectivity index (χ4n) is 3.96. The third-order valence-corrected chi connectivity index (χ3v) is 5.45. The van der Waals surface area contributed by atoms with Gasteiger partial charge in [0.1, 0.15) is 11.5 Å². The van der Waals surface area contributed by atoms with E-state index in [0.29, 0.717) is 5.92 Å². The highest BCUT2D eigenvalue weighted by atomic mass is 16.5. The maximum absolute atomic E-state index is 6.04. The van der Waals surface area contributed by atoms with Gasteiger partial charge in [0.25, 0.3) is 0 Å². The van der Waals surface area contributed by atoms with E-state index in [1.807, 2.05) is 12.3 Å². The number of methoxy groups -OCH3 is 1. The molecule has 0 spiro atoms. The summed E-state index contributed by atoms with van der Waals surface area (Å²) in [5.74, 6) is 2.53. The van der Waals surface area contributed by atoms with Crippen LogP contribution < -0.4 is 14.8 Å². The van der Waals surface area contributed by atoms with E-state index in [0.717, 1.165) is 43.4 Å². The van der Waals surface area contributed by atoms with Crippen molar-refractivity contribution in [2.24, 2.45) is 0 Å². The van der Waals surface area contributed by atoms with Crippen molar-refractivity contribution >= 4 is 0 Å². The van der Waals surface area contributed by atoms with E-state index in [2.05, 4.69) is 48.3 Å². The Hall–Kier alpha value is -2.11. The van der Waals surface area contributed by atoms with Gasteiger partial charge in [0.05, 0.1) is 18.9 Å². The molecule has 150 valence electrons. The fraction of sp³-hybridized carbons (Fsp3) is 0.522. The summed E-state index contributed by atoms with van der Waals surface area (Å²) in [6.45, 7) is 7.97. The van der Waals surface area contributed by atoms with Gasteiger partial charge >= 0.3 is 0 Å². The van der Waals surface area contributed by atoms with Crippen LogP contribution in [-0.2, 0) is 6.54 Å². The molecule has 0 bridgehead atoms. The van der Waals surface area contributed by atoms with Crippen molar-refractivity contribution in [1.29, 1.82) is 0 Å². The van der Waals surface area contributed by atoms with E-state index in [9.17, 15) is 0 Å². The van der Waals surface area contributed by atoms with Crippen LogP contribution in [0.4, 0.5) is 0 Å². The second-order valence-corrected chi connectivity index (χ2v) is 8.15. The molecule has 1 atom stereocenters. The van der Waals surface area contributed by atoms with E-state index >= 15 is 0 Å². The second-order valence-electron chi connectivity index (χ2n) is 8.15. The molecule has 2 fully saturated rings. The first kappa shape index (κ1) is 19.2. The van der Waals surface area contributed by atoms with Crippen molar-refractivity contribution in [2.45, 2.75) is 51.3 Å². The Morgan fingerprint density at radius 3 is 2.79 bits per heavy atom. The Kier molecular flexibility index (Phi) is 5.83. The molecule has 1 aromatic heterocycles. The number of piperazine rings is 1. The van der Waals surface area contributed by atoms with Gasteiger partial charge in [-0.15, -0.1) is 0 Å². The van der Waals surface area contributed by atoms with Crippen LogP contribution in [0.2, 0.25) is 0 Å². The first-order valence-corrected chi connectivity index (χ1v) is 10.4. The molecule has 0 unspecified atom stereocenters. The first-order chi connectivity index (χ1) is 13.6. The summed E-state index contributed by atoms with van der Waals surface area (Å²) >= 11 is 0. The number of hydrogen-bond acceptors (Lipinski definition) is 5. The average Bonchev–Trinajstić information content (AvgIpc) is 3.53. The lowest BCUT2D eigenvalue weighted by Gasteiger charge is -2.34. The first-order valence-electron chi connectivity index (χ1n) is 10.4. The highest BCUT2D eigenvalue weighted by molar-refractivity contribution is 5.37. The minimum absolute atomic E-state index is 0.171. The van der Waals surface area contributed by atoms with Crippen molar-refractivity contribution in [3.8, 4) is 11.5 Å². The molecule has 1 aliphatic carbocycles. The van der Waals surface area contributed by atoms with Crippen LogP contribution in [0.5, 0.6) is 11.5 Å². The lowest BCUT2D eigenvalue weighted by molar-refractivity contribution is 0.186. The summed E-state index contributed by atoms with van der Waals surface area (Å²) in [5.41, 5.74) is 3.58. The molecule has 5 nitrogen and oxygen atoms in total. The minimum Gasteiger partial charge on any atom is -0.495 e. The predicted molar refractivity (Wildman–Crippen MR) is 111 cm³/mol. The van der Waals surface area contributed by atoms with Gasteiger partial charge in [0.2, 0.25) is 0 Å². The number of rotatable bonds is 7. The van der Waals surface area contributed by atoms with Gasteiger partial charge < -0.3 is 14.8 Å². The summed E-state index contributed by atoms with van der Waals surface area (Å²) < 4.78 is 11.6. The fourth-order valence-corrected chi connectivity index (χ4v) is 3.96. The maximum atomic E-state index is 6.04. The Morgan fingerprint density at radius 1 is 1.21 bits per heavy atom. The van der Waals surface area contributed by atoms with Crippen LogP contribution in [0.15, 0.2) is 36.5 Å². The standard InChI is InChI=1S/C23H31N3O2/c1-16(2)28-21-7-5-4-6-19(21)20-15-26(11-10-24-20)14-17-12-22(27-3)23(25-13-17)18-8-9-18/h4-7,12-13,16,18,20,24H,8-11,14-15H2,1-3H3/t20-/m1/s1. The minimum atomic E-state index is 0.171. The van der Waals surface area contributed by atoms with Crippen LogP contribution in [0.25, 0.3) is 0 Å². The molecule has 28 heavy (non-hydrogen) atoms. The highest BCUT2D eigenvalue weighted by Crippen LogP contribution is 2.43. The van der Waals surface area contributed by atoms with Gasteiger partial charge in [-0.3, -0.25) is 9.88 Å². The Labute approximate surface area is 168 Å². The average molecular weight is 382 g/mol. The molecule has 2 heterocycles. The molecule has 2 aromatic rings. The zero-order chi connectivity index (χ0) is 19.5. The molecule has 0 radical (unpaired) electrons. The maximum Gasteiger partial charge on any atom is 0.140 e. The van der Waals surface area contributed by atoms with Gasteiger partial charge in [0.15, 0.2) is 0 Å². The number of nitrogens with zero attached hydrogens (tertiary/aromatic N) is 2. The number of nitrogens with one attached hydrogen (secondary N) is 1. The Morgan fingerprint density at radius 2 is 2.04 bits per heavy atom. The van der Waals surface area contributed by atoms with E-state index in [1.54, 1.807) is 7.11 Å². The van der Waals surface area contributed by atoms with Crippen molar-refractivity contribution in [1.82, 2.24) is 15.2 Å². The van der Waals surface area contributed by atoms with Gasteiger partial charge in [-0.25, -0.2) is 0 Å². The molecule has 0 amide bonds. The van der Waals surface area contributed by atoms with Gasteiger partial charge in [0, 0.05) is 49.9 Å². The molecule has 1 aromatic carbocycles. The van der Waals surface area contributed by atoms with E-state index < -0.39 is 0 Å². The molecule has 5 heteroatoms. The lowest BCUT2D eigenvalue weighted by atomic mass is 10.0. The van der Waals surface area contributed by atoms with Gasteiger partial charge in [-0.2, -0.15) is 0 Å². The van der Waals surface area contributed by atoms with Crippen LogP contribution in [0, 0.1) is 0 Å². The molecule has 1 aliphatic heterocycles. The molecular formula is C23H31N3O2. The summed E-state index contributed by atoms with van der Waals surface area (Å²) in [7, 11) is 1.75. The van der Waals surface area contributed by atoms with Crippen molar-refractivity contribution in [3.05, 3.63) is 53.3 Å². The third kappa shape index (κ3) is 4.47. The number of aromatic nitrogens is 1. The molecule has 1 N–H and O–H groups in total. The summed E-state index contributed by atoms with van der Waals surface area (Å²) in [6, 6.07) is 10.8. The summed E-state index contributed by atoms with van der Waals surface area (Å²) in [4.78, 5) is 7.20. The van der Waals surface area contributed by atoms with Crippen LogP contribution in [0.3, 0.4) is 0 Å². The monoisotopic (exact) mass is 381 g/mol. The van der Waals surface area contributed by atoms with Crippen LogP contribution >= 0.6 is 0 Å². The Balaban J connectivity index is 1.46. The summed E-state index contributed by atoms with van der Waals surface area (Å²) in [6.07, 6.45) is 4.67.